The quantitative estimate of drug-likeness (QED) is 0.845. The Labute approximate surface area is 148 Å². The van der Waals surface area contributed by atoms with Gasteiger partial charge in [-0.2, -0.15) is 0 Å². The summed E-state index contributed by atoms with van der Waals surface area (Å²) in [5.74, 6) is -0.0982. The molecule has 1 saturated carbocycles. The Bertz CT molecular complexity index is 796. The third kappa shape index (κ3) is 3.32. The second-order valence-electron chi connectivity index (χ2n) is 6.09. The van der Waals surface area contributed by atoms with Gasteiger partial charge in [-0.05, 0) is 36.4 Å². The molecule has 2 heterocycles. The van der Waals surface area contributed by atoms with Gasteiger partial charge in [0.2, 0.25) is 0 Å². The number of fused-ring (bicyclic) bond motifs is 1. The van der Waals surface area contributed by atoms with E-state index in [2.05, 4.69) is 5.32 Å². The number of anilines is 1. The molecule has 0 saturated heterocycles. The van der Waals surface area contributed by atoms with Crippen molar-refractivity contribution in [3.05, 3.63) is 40.6 Å². The van der Waals surface area contributed by atoms with Crippen molar-refractivity contribution >= 4 is 28.9 Å². The molecule has 25 heavy (non-hydrogen) atoms. The third-order valence-corrected chi connectivity index (χ3v) is 5.09. The van der Waals surface area contributed by atoms with Crippen LogP contribution in [0.25, 0.3) is 0 Å². The number of carbonyl (C=O) groups is 2. The number of nitrogens with one attached hydrogen (secondary N) is 1. The number of ether oxygens (including phenoxy) is 3. The molecule has 2 aromatic rings. The van der Waals surface area contributed by atoms with Gasteiger partial charge in [0.05, 0.1) is 0 Å². The first-order valence-corrected chi connectivity index (χ1v) is 9.04. The van der Waals surface area contributed by atoms with Crippen molar-refractivity contribution in [1.82, 2.24) is 0 Å². The van der Waals surface area contributed by atoms with Gasteiger partial charge in [0, 0.05) is 24.6 Å². The van der Waals surface area contributed by atoms with E-state index in [9.17, 15) is 9.59 Å². The minimum atomic E-state index is -0.527. The van der Waals surface area contributed by atoms with E-state index >= 15 is 0 Å². The minimum absolute atomic E-state index is 0.338. The SMILES string of the molecule is O=C(COC(=O)c1cccs1)Nc1ccc2c(c1)OC1(CCCC1)O2. The lowest BCUT2D eigenvalue weighted by molar-refractivity contribution is -0.119. The highest BCUT2D eigenvalue weighted by atomic mass is 32.1. The number of amides is 1. The van der Waals surface area contributed by atoms with E-state index in [0.29, 0.717) is 22.1 Å². The lowest BCUT2D eigenvalue weighted by atomic mass is 10.2. The first kappa shape index (κ1) is 16.0. The summed E-state index contributed by atoms with van der Waals surface area (Å²) in [6.45, 7) is -0.338. The number of rotatable bonds is 4. The van der Waals surface area contributed by atoms with Crippen LogP contribution in [0.1, 0.15) is 35.4 Å². The number of benzene rings is 1. The van der Waals surface area contributed by atoms with Crippen molar-refractivity contribution in [2.45, 2.75) is 31.5 Å². The predicted octanol–water partition coefficient (Wildman–Crippen LogP) is 3.59. The molecule has 1 aliphatic carbocycles. The molecule has 0 atom stereocenters. The zero-order chi connectivity index (χ0) is 17.3. The van der Waals surface area contributed by atoms with Crippen LogP contribution in [0.2, 0.25) is 0 Å². The number of carbonyl (C=O) groups excluding carboxylic acids is 2. The Morgan fingerprint density at radius 3 is 2.72 bits per heavy atom. The fourth-order valence-corrected chi connectivity index (χ4v) is 3.70. The normalized spacial score (nSPS) is 16.8. The maximum atomic E-state index is 12.0. The Morgan fingerprint density at radius 1 is 1.16 bits per heavy atom. The lowest BCUT2D eigenvalue weighted by Gasteiger charge is -2.21. The Balaban J connectivity index is 1.34. The van der Waals surface area contributed by atoms with Crippen LogP contribution < -0.4 is 14.8 Å². The molecule has 1 spiro atoms. The maximum absolute atomic E-state index is 12.0. The molecule has 4 rings (SSSR count). The van der Waals surface area contributed by atoms with Crippen LogP contribution in [0.3, 0.4) is 0 Å². The number of thiophene rings is 1. The number of hydrogen-bond donors (Lipinski definition) is 1. The van der Waals surface area contributed by atoms with Gasteiger partial charge in [0.15, 0.2) is 18.1 Å². The second kappa shape index (κ2) is 6.40. The van der Waals surface area contributed by atoms with Crippen LogP contribution >= 0.6 is 11.3 Å². The molecular weight excluding hydrogens is 342 g/mol. The summed E-state index contributed by atoms with van der Waals surface area (Å²) in [5, 5.41) is 4.48. The topological polar surface area (TPSA) is 73.9 Å². The molecule has 1 N–H and O–H groups in total. The summed E-state index contributed by atoms with van der Waals surface area (Å²) in [5.41, 5.74) is 0.578. The van der Waals surface area contributed by atoms with Crippen LogP contribution in [0.15, 0.2) is 35.7 Å². The Kier molecular flexibility index (Phi) is 4.09. The summed E-state index contributed by atoms with van der Waals surface area (Å²) in [6.07, 6.45) is 3.93. The van der Waals surface area contributed by atoms with Crippen molar-refractivity contribution in [3.8, 4) is 11.5 Å². The van der Waals surface area contributed by atoms with Crippen LogP contribution in [0.4, 0.5) is 5.69 Å². The highest BCUT2D eigenvalue weighted by Gasteiger charge is 2.44. The van der Waals surface area contributed by atoms with Gasteiger partial charge in [-0.25, -0.2) is 4.79 Å². The summed E-state index contributed by atoms with van der Waals surface area (Å²) in [4.78, 5) is 24.2. The van der Waals surface area contributed by atoms with Gasteiger partial charge in [-0.15, -0.1) is 11.3 Å². The molecule has 1 fully saturated rings. The largest absolute Gasteiger partial charge is 0.451 e. The zero-order valence-electron chi connectivity index (χ0n) is 13.4. The van der Waals surface area contributed by atoms with Crippen LogP contribution in [-0.4, -0.2) is 24.3 Å². The Morgan fingerprint density at radius 2 is 1.96 bits per heavy atom. The maximum Gasteiger partial charge on any atom is 0.348 e. The van der Waals surface area contributed by atoms with Gasteiger partial charge in [0.25, 0.3) is 11.7 Å². The van der Waals surface area contributed by atoms with E-state index in [-0.39, 0.29) is 6.61 Å². The highest BCUT2D eigenvalue weighted by Crippen LogP contribution is 2.47. The highest BCUT2D eigenvalue weighted by molar-refractivity contribution is 7.11. The molecule has 1 amide bonds. The van der Waals surface area contributed by atoms with Crippen molar-refractivity contribution < 1.29 is 23.8 Å². The van der Waals surface area contributed by atoms with Gasteiger partial charge in [0.1, 0.15) is 4.88 Å². The number of hydrogen-bond acceptors (Lipinski definition) is 6. The molecule has 6 nitrogen and oxygen atoms in total. The van der Waals surface area contributed by atoms with E-state index in [4.69, 9.17) is 14.2 Å². The molecule has 1 aromatic heterocycles. The standard InChI is InChI=1S/C18H17NO5S/c20-16(11-22-17(21)15-4-3-9-25-15)19-12-5-6-13-14(10-12)24-18(23-13)7-1-2-8-18/h3-6,9-10H,1-2,7-8,11H2,(H,19,20). The molecular formula is C18H17NO5S. The summed E-state index contributed by atoms with van der Waals surface area (Å²) in [7, 11) is 0. The minimum Gasteiger partial charge on any atom is -0.451 e. The van der Waals surface area contributed by atoms with Gasteiger partial charge in [-0.3, -0.25) is 4.79 Å². The molecule has 0 radical (unpaired) electrons. The number of esters is 1. The molecule has 1 aliphatic heterocycles. The van der Waals surface area contributed by atoms with E-state index in [1.54, 1.807) is 35.7 Å². The predicted molar refractivity (Wildman–Crippen MR) is 92.1 cm³/mol. The van der Waals surface area contributed by atoms with Gasteiger partial charge < -0.3 is 19.5 Å². The molecule has 7 heteroatoms. The van der Waals surface area contributed by atoms with Crippen LogP contribution in [0.5, 0.6) is 11.5 Å². The smallest absolute Gasteiger partial charge is 0.348 e. The van der Waals surface area contributed by atoms with Gasteiger partial charge in [-0.1, -0.05) is 6.07 Å². The molecule has 130 valence electrons. The lowest BCUT2D eigenvalue weighted by Crippen LogP contribution is -2.34. The van der Waals surface area contributed by atoms with E-state index in [1.807, 2.05) is 0 Å². The average molecular weight is 359 g/mol. The fraction of sp³-hybridized carbons (Fsp3) is 0.333. The molecule has 2 aliphatic rings. The summed E-state index contributed by atoms with van der Waals surface area (Å²) < 4.78 is 16.9. The molecule has 1 aromatic carbocycles. The Hall–Kier alpha value is -2.54. The molecule has 0 unspecified atom stereocenters. The van der Waals surface area contributed by atoms with Crippen molar-refractivity contribution in [3.63, 3.8) is 0 Å². The van der Waals surface area contributed by atoms with E-state index in [1.165, 1.54) is 11.3 Å². The van der Waals surface area contributed by atoms with Crippen molar-refractivity contribution in [1.29, 1.82) is 0 Å². The van der Waals surface area contributed by atoms with Crippen LogP contribution in [0, 0.1) is 0 Å². The first-order valence-electron chi connectivity index (χ1n) is 8.16. The second-order valence-corrected chi connectivity index (χ2v) is 7.03. The van der Waals surface area contributed by atoms with Gasteiger partial charge >= 0.3 is 5.97 Å². The monoisotopic (exact) mass is 359 g/mol. The van der Waals surface area contributed by atoms with E-state index in [0.717, 1.165) is 25.7 Å². The first-order chi connectivity index (χ1) is 12.1. The summed E-state index contributed by atoms with van der Waals surface area (Å²) >= 11 is 1.27. The van der Waals surface area contributed by atoms with Crippen LogP contribution in [-0.2, 0) is 9.53 Å². The fourth-order valence-electron chi connectivity index (χ4n) is 3.08. The summed E-state index contributed by atoms with van der Waals surface area (Å²) in [6, 6.07) is 8.68. The molecule has 0 bridgehead atoms. The van der Waals surface area contributed by atoms with Crippen molar-refractivity contribution in [2.24, 2.45) is 0 Å². The van der Waals surface area contributed by atoms with E-state index < -0.39 is 17.7 Å². The zero-order valence-corrected chi connectivity index (χ0v) is 14.3. The van der Waals surface area contributed by atoms with Crippen molar-refractivity contribution in [2.75, 3.05) is 11.9 Å². The third-order valence-electron chi connectivity index (χ3n) is 4.24. The average Bonchev–Trinajstić information content (AvgIpc) is 3.33.